The molecule has 1 N–H and O–H groups in total. The number of nitrogens with one attached hydrogen (secondary N) is 1. The summed E-state index contributed by atoms with van der Waals surface area (Å²) in [5.74, 6) is 0. The van der Waals surface area contributed by atoms with E-state index in [4.69, 9.17) is 11.6 Å². The fraction of sp³-hybridized carbons (Fsp3) is 0.200. The van der Waals surface area contributed by atoms with Gasteiger partial charge in [0.25, 0.3) is 0 Å². The lowest BCUT2D eigenvalue weighted by atomic mass is 9.92. The van der Waals surface area contributed by atoms with Crippen LogP contribution in [0.3, 0.4) is 0 Å². The minimum Gasteiger partial charge on any atom is -0.306 e. The van der Waals surface area contributed by atoms with Crippen molar-refractivity contribution in [1.29, 1.82) is 0 Å². The molecule has 3 heteroatoms. The molecule has 0 aromatic heterocycles. The zero-order valence-corrected chi connectivity index (χ0v) is 12.1. The average Bonchev–Trinajstić information content (AvgIpc) is 2.44. The first-order valence-corrected chi connectivity index (χ1v) is 7.17. The van der Waals surface area contributed by atoms with E-state index in [0.717, 1.165) is 22.5 Å². The summed E-state index contributed by atoms with van der Waals surface area (Å²) in [6, 6.07) is 14.9. The third-order valence-electron chi connectivity index (χ3n) is 3.45. The Morgan fingerprint density at radius 3 is 2.61 bits per heavy atom. The lowest BCUT2D eigenvalue weighted by Gasteiger charge is -2.28. The Balaban J connectivity index is 1.96. The summed E-state index contributed by atoms with van der Waals surface area (Å²) >= 11 is 9.91. The first-order chi connectivity index (χ1) is 8.75. The van der Waals surface area contributed by atoms with Crippen molar-refractivity contribution in [2.45, 2.75) is 19.0 Å². The Morgan fingerprint density at radius 2 is 1.83 bits per heavy atom. The van der Waals surface area contributed by atoms with Crippen molar-refractivity contribution in [3.63, 3.8) is 0 Å². The van der Waals surface area contributed by atoms with Gasteiger partial charge in [-0.1, -0.05) is 57.9 Å². The van der Waals surface area contributed by atoms with Gasteiger partial charge in [-0.25, -0.2) is 0 Å². The lowest BCUT2D eigenvalue weighted by Crippen LogP contribution is -2.29. The Kier molecular flexibility index (Phi) is 3.42. The van der Waals surface area contributed by atoms with Crippen molar-refractivity contribution in [1.82, 2.24) is 5.32 Å². The highest BCUT2D eigenvalue weighted by atomic mass is 79.9. The predicted molar refractivity (Wildman–Crippen MR) is 78.9 cm³/mol. The van der Waals surface area contributed by atoms with Gasteiger partial charge in [0.2, 0.25) is 0 Å². The third kappa shape index (κ3) is 2.20. The Hall–Kier alpha value is -0.830. The highest BCUT2D eigenvalue weighted by molar-refractivity contribution is 9.10. The second-order valence-corrected chi connectivity index (χ2v) is 5.80. The van der Waals surface area contributed by atoms with Gasteiger partial charge in [-0.05, 0) is 35.2 Å². The summed E-state index contributed by atoms with van der Waals surface area (Å²) in [4.78, 5) is 0. The summed E-state index contributed by atoms with van der Waals surface area (Å²) in [5, 5.41) is 4.44. The molecule has 1 unspecified atom stereocenters. The molecule has 0 bridgehead atoms. The first-order valence-electron chi connectivity index (χ1n) is 6.00. The Morgan fingerprint density at radius 1 is 1.06 bits per heavy atom. The van der Waals surface area contributed by atoms with Crippen LogP contribution in [-0.4, -0.2) is 0 Å². The SMILES string of the molecule is Clc1ccc(Br)c2c1CC(c1ccccc1)NC2. The Bertz CT molecular complexity index is 568. The number of benzene rings is 2. The van der Waals surface area contributed by atoms with E-state index in [2.05, 4.69) is 45.5 Å². The molecule has 0 aliphatic carbocycles. The monoisotopic (exact) mass is 321 g/mol. The third-order valence-corrected chi connectivity index (χ3v) is 4.55. The number of hydrogen-bond acceptors (Lipinski definition) is 1. The van der Waals surface area contributed by atoms with Crippen molar-refractivity contribution in [2.24, 2.45) is 0 Å². The van der Waals surface area contributed by atoms with Crippen LogP contribution < -0.4 is 5.32 Å². The van der Waals surface area contributed by atoms with Crippen molar-refractivity contribution >= 4 is 27.5 Å². The molecule has 1 aliphatic heterocycles. The van der Waals surface area contributed by atoms with E-state index in [9.17, 15) is 0 Å². The number of hydrogen-bond donors (Lipinski definition) is 1. The van der Waals surface area contributed by atoms with E-state index in [1.807, 2.05) is 18.2 Å². The highest BCUT2D eigenvalue weighted by Gasteiger charge is 2.22. The molecule has 1 atom stereocenters. The summed E-state index contributed by atoms with van der Waals surface area (Å²) in [5.41, 5.74) is 3.87. The molecule has 0 saturated carbocycles. The van der Waals surface area contributed by atoms with Crippen molar-refractivity contribution in [2.75, 3.05) is 0 Å². The van der Waals surface area contributed by atoms with Gasteiger partial charge < -0.3 is 5.32 Å². The van der Waals surface area contributed by atoms with Gasteiger partial charge in [0, 0.05) is 22.1 Å². The van der Waals surface area contributed by atoms with Crippen LogP contribution >= 0.6 is 27.5 Å². The zero-order valence-electron chi connectivity index (χ0n) is 9.79. The first kappa shape index (κ1) is 12.2. The molecule has 1 aliphatic rings. The quantitative estimate of drug-likeness (QED) is 0.815. The molecule has 3 rings (SSSR count). The van der Waals surface area contributed by atoms with Crippen molar-refractivity contribution in [3.8, 4) is 0 Å². The summed E-state index contributed by atoms with van der Waals surface area (Å²) in [7, 11) is 0. The lowest BCUT2D eigenvalue weighted by molar-refractivity contribution is 0.498. The van der Waals surface area contributed by atoms with Gasteiger partial charge >= 0.3 is 0 Å². The topological polar surface area (TPSA) is 12.0 Å². The maximum Gasteiger partial charge on any atom is 0.0442 e. The molecule has 1 heterocycles. The minimum atomic E-state index is 0.352. The summed E-state index contributed by atoms with van der Waals surface area (Å²) in [6.45, 7) is 0.857. The van der Waals surface area contributed by atoms with Crippen LogP contribution in [0, 0.1) is 0 Å². The van der Waals surface area contributed by atoms with Crippen LogP contribution in [0.25, 0.3) is 0 Å². The van der Waals surface area contributed by atoms with Crippen LogP contribution in [0.4, 0.5) is 0 Å². The predicted octanol–water partition coefficient (Wildman–Crippen LogP) is 4.49. The minimum absolute atomic E-state index is 0.352. The largest absolute Gasteiger partial charge is 0.306 e. The second kappa shape index (κ2) is 5.04. The standard InChI is InChI=1S/C15H13BrClN/c16-13-6-7-14(17)11-8-15(18-9-12(11)13)10-4-2-1-3-5-10/h1-7,15,18H,8-9H2. The van der Waals surface area contributed by atoms with Crippen LogP contribution in [0.1, 0.15) is 22.7 Å². The van der Waals surface area contributed by atoms with Gasteiger partial charge in [0.05, 0.1) is 0 Å². The number of halogens is 2. The number of fused-ring (bicyclic) bond motifs is 1. The number of rotatable bonds is 1. The van der Waals surface area contributed by atoms with Gasteiger partial charge in [-0.3, -0.25) is 0 Å². The van der Waals surface area contributed by atoms with E-state index >= 15 is 0 Å². The van der Waals surface area contributed by atoms with Crippen LogP contribution in [0.5, 0.6) is 0 Å². The summed E-state index contributed by atoms with van der Waals surface area (Å²) < 4.78 is 1.14. The fourth-order valence-corrected chi connectivity index (χ4v) is 3.24. The molecule has 92 valence electrons. The normalized spacial score (nSPS) is 18.4. The molecule has 0 saturated heterocycles. The molecule has 1 nitrogen and oxygen atoms in total. The molecule has 0 radical (unpaired) electrons. The molecular weight excluding hydrogens is 310 g/mol. The molecule has 0 spiro atoms. The van der Waals surface area contributed by atoms with Crippen LogP contribution in [0.15, 0.2) is 46.9 Å². The Labute approximate surface area is 120 Å². The van der Waals surface area contributed by atoms with E-state index < -0.39 is 0 Å². The van der Waals surface area contributed by atoms with Gasteiger partial charge in [-0.15, -0.1) is 0 Å². The van der Waals surface area contributed by atoms with E-state index in [-0.39, 0.29) is 0 Å². The van der Waals surface area contributed by atoms with Gasteiger partial charge in [0.1, 0.15) is 0 Å². The van der Waals surface area contributed by atoms with Crippen LogP contribution in [0.2, 0.25) is 5.02 Å². The molecule has 2 aromatic rings. The molecule has 2 aromatic carbocycles. The summed E-state index contributed by atoms with van der Waals surface area (Å²) in [6.07, 6.45) is 0.942. The van der Waals surface area contributed by atoms with E-state index in [0.29, 0.717) is 6.04 Å². The smallest absolute Gasteiger partial charge is 0.0442 e. The van der Waals surface area contributed by atoms with Gasteiger partial charge in [-0.2, -0.15) is 0 Å². The van der Waals surface area contributed by atoms with Gasteiger partial charge in [0.15, 0.2) is 0 Å². The average molecular weight is 323 g/mol. The maximum absolute atomic E-state index is 6.32. The molecule has 0 fully saturated rings. The van der Waals surface area contributed by atoms with E-state index in [1.54, 1.807) is 0 Å². The molecular formula is C15H13BrClN. The van der Waals surface area contributed by atoms with Crippen molar-refractivity contribution < 1.29 is 0 Å². The maximum atomic E-state index is 6.32. The second-order valence-electron chi connectivity index (χ2n) is 4.53. The van der Waals surface area contributed by atoms with Crippen molar-refractivity contribution in [3.05, 3.63) is 68.7 Å². The van der Waals surface area contributed by atoms with E-state index in [1.165, 1.54) is 16.7 Å². The molecule has 0 amide bonds. The fourth-order valence-electron chi connectivity index (χ4n) is 2.47. The highest BCUT2D eigenvalue weighted by Crippen LogP contribution is 2.34. The molecule has 18 heavy (non-hydrogen) atoms. The zero-order chi connectivity index (χ0) is 12.5. The van der Waals surface area contributed by atoms with Crippen LogP contribution in [-0.2, 0) is 13.0 Å².